The highest BCUT2D eigenvalue weighted by Gasteiger charge is 2.32. The van der Waals surface area contributed by atoms with Gasteiger partial charge in [-0.05, 0) is 29.3 Å². The minimum absolute atomic E-state index is 0.0806. The normalized spacial score (nSPS) is 19.3. The van der Waals surface area contributed by atoms with E-state index in [-0.39, 0.29) is 5.92 Å². The summed E-state index contributed by atoms with van der Waals surface area (Å²) in [4.78, 5) is 1.13. The predicted molar refractivity (Wildman–Crippen MR) is 76.3 cm³/mol. The van der Waals surface area contributed by atoms with E-state index in [1.165, 1.54) is 12.1 Å². The van der Waals surface area contributed by atoms with Crippen LogP contribution in [0.3, 0.4) is 0 Å². The van der Waals surface area contributed by atoms with Gasteiger partial charge in [0.2, 0.25) is 0 Å². The highest BCUT2D eigenvalue weighted by molar-refractivity contribution is 7.99. The molecule has 0 saturated carbocycles. The van der Waals surface area contributed by atoms with E-state index < -0.39 is 17.8 Å². The molecule has 0 amide bonds. The average Bonchev–Trinajstić information content (AvgIpc) is 2.90. The zero-order valence-corrected chi connectivity index (χ0v) is 11.8. The van der Waals surface area contributed by atoms with Crippen LogP contribution >= 0.6 is 11.8 Å². The molecule has 21 heavy (non-hydrogen) atoms. The lowest BCUT2D eigenvalue weighted by atomic mass is 9.90. The lowest BCUT2D eigenvalue weighted by Crippen LogP contribution is -2.11. The monoisotopic (exact) mass is 310 g/mol. The molecule has 2 aromatic rings. The van der Waals surface area contributed by atoms with Crippen molar-refractivity contribution in [3.8, 4) is 0 Å². The van der Waals surface area contributed by atoms with Crippen LogP contribution in [0, 0.1) is 0 Å². The summed E-state index contributed by atoms with van der Waals surface area (Å²) in [5.41, 5.74) is 0.889. The van der Waals surface area contributed by atoms with Crippen LogP contribution in [0.15, 0.2) is 53.4 Å². The highest BCUT2D eigenvalue weighted by atomic mass is 32.2. The Hall–Kier alpha value is -1.46. The standard InChI is InChI=1S/C16H13F3OS/c17-16(18,19)11-7-5-10(6-8-11)15(20)13-9-21-14-4-2-1-3-12(13)14/h1-8,13,15,20H,9H2. The Bertz CT molecular complexity index is 637. The quantitative estimate of drug-likeness (QED) is 0.873. The molecule has 1 N–H and O–H groups in total. The van der Waals surface area contributed by atoms with Gasteiger partial charge in [0.25, 0.3) is 0 Å². The summed E-state index contributed by atoms with van der Waals surface area (Å²) in [6.07, 6.45) is -5.14. The molecule has 0 bridgehead atoms. The summed E-state index contributed by atoms with van der Waals surface area (Å²) < 4.78 is 37.7. The van der Waals surface area contributed by atoms with Crippen LogP contribution in [0.25, 0.3) is 0 Å². The van der Waals surface area contributed by atoms with Gasteiger partial charge in [0.05, 0.1) is 11.7 Å². The first-order chi connectivity index (χ1) is 9.97. The van der Waals surface area contributed by atoms with Crippen molar-refractivity contribution in [1.82, 2.24) is 0 Å². The summed E-state index contributed by atoms with van der Waals surface area (Å²) in [6.45, 7) is 0. The highest BCUT2D eigenvalue weighted by Crippen LogP contribution is 2.45. The number of hydrogen-bond acceptors (Lipinski definition) is 2. The molecule has 1 aliphatic rings. The summed E-state index contributed by atoms with van der Waals surface area (Å²) in [7, 11) is 0. The number of alkyl halides is 3. The predicted octanol–water partition coefficient (Wildman–Crippen LogP) is 4.63. The van der Waals surface area contributed by atoms with Gasteiger partial charge in [-0.15, -0.1) is 11.8 Å². The number of aliphatic hydroxyl groups is 1. The maximum Gasteiger partial charge on any atom is 0.416 e. The minimum Gasteiger partial charge on any atom is -0.388 e. The molecule has 2 atom stereocenters. The molecule has 0 fully saturated rings. The maximum absolute atomic E-state index is 12.6. The van der Waals surface area contributed by atoms with Crippen molar-refractivity contribution in [2.24, 2.45) is 0 Å². The molecule has 5 heteroatoms. The van der Waals surface area contributed by atoms with Gasteiger partial charge in [-0.1, -0.05) is 30.3 Å². The van der Waals surface area contributed by atoms with Crippen molar-refractivity contribution in [2.75, 3.05) is 5.75 Å². The van der Waals surface area contributed by atoms with Gasteiger partial charge in [-0.2, -0.15) is 13.2 Å². The van der Waals surface area contributed by atoms with Gasteiger partial charge >= 0.3 is 6.18 Å². The molecular formula is C16H13F3OS. The Morgan fingerprint density at radius 1 is 1.05 bits per heavy atom. The van der Waals surface area contributed by atoms with Gasteiger partial charge in [0.15, 0.2) is 0 Å². The van der Waals surface area contributed by atoms with Gasteiger partial charge in [-0.25, -0.2) is 0 Å². The molecule has 0 radical (unpaired) electrons. The molecule has 1 aliphatic heterocycles. The van der Waals surface area contributed by atoms with E-state index in [0.29, 0.717) is 5.56 Å². The van der Waals surface area contributed by atoms with Crippen molar-refractivity contribution in [3.05, 3.63) is 65.2 Å². The summed E-state index contributed by atoms with van der Waals surface area (Å²) in [5, 5.41) is 10.5. The van der Waals surface area contributed by atoms with Crippen LogP contribution in [0.1, 0.15) is 28.7 Å². The third-order valence-corrected chi connectivity index (χ3v) is 4.91. The topological polar surface area (TPSA) is 20.2 Å². The Morgan fingerprint density at radius 3 is 2.38 bits per heavy atom. The number of rotatable bonds is 2. The fourth-order valence-electron chi connectivity index (χ4n) is 2.55. The first-order valence-electron chi connectivity index (χ1n) is 6.54. The second-order valence-corrected chi connectivity index (χ2v) is 6.08. The zero-order valence-electron chi connectivity index (χ0n) is 11.0. The van der Waals surface area contributed by atoms with Crippen LogP contribution in [-0.4, -0.2) is 10.9 Å². The molecule has 0 aliphatic carbocycles. The largest absolute Gasteiger partial charge is 0.416 e. The minimum atomic E-state index is -4.35. The fourth-order valence-corrected chi connectivity index (χ4v) is 3.83. The summed E-state index contributed by atoms with van der Waals surface area (Å²) in [5.74, 6) is 0.657. The van der Waals surface area contributed by atoms with Crippen molar-refractivity contribution >= 4 is 11.8 Å². The number of thioether (sulfide) groups is 1. The van der Waals surface area contributed by atoms with Gasteiger partial charge in [0, 0.05) is 16.6 Å². The van der Waals surface area contributed by atoms with E-state index in [2.05, 4.69) is 0 Å². The Balaban J connectivity index is 1.85. The van der Waals surface area contributed by atoms with Crippen molar-refractivity contribution in [2.45, 2.75) is 23.1 Å². The van der Waals surface area contributed by atoms with E-state index in [1.54, 1.807) is 11.8 Å². The molecule has 3 rings (SSSR count). The Kier molecular flexibility index (Phi) is 3.71. The zero-order chi connectivity index (χ0) is 15.0. The van der Waals surface area contributed by atoms with E-state index in [0.717, 1.165) is 28.3 Å². The van der Waals surface area contributed by atoms with E-state index in [9.17, 15) is 18.3 Å². The molecule has 1 heterocycles. The first kappa shape index (κ1) is 14.5. The SMILES string of the molecule is OC(c1ccc(C(F)(F)F)cc1)C1CSc2ccccc21. The second-order valence-electron chi connectivity index (χ2n) is 5.02. The second kappa shape index (κ2) is 5.39. The maximum atomic E-state index is 12.6. The number of halogens is 3. The molecule has 110 valence electrons. The Labute approximate surface area is 124 Å². The van der Waals surface area contributed by atoms with Crippen LogP contribution in [0.4, 0.5) is 13.2 Å². The molecule has 0 spiro atoms. The number of benzene rings is 2. The van der Waals surface area contributed by atoms with Crippen LogP contribution in [0.2, 0.25) is 0 Å². The molecule has 0 saturated heterocycles. The van der Waals surface area contributed by atoms with Crippen molar-refractivity contribution in [1.29, 1.82) is 0 Å². The van der Waals surface area contributed by atoms with E-state index in [4.69, 9.17) is 0 Å². The fraction of sp³-hybridized carbons (Fsp3) is 0.250. The van der Waals surface area contributed by atoms with E-state index in [1.807, 2.05) is 24.3 Å². The number of aliphatic hydroxyl groups excluding tert-OH is 1. The Morgan fingerprint density at radius 2 is 1.71 bits per heavy atom. The van der Waals surface area contributed by atoms with Crippen molar-refractivity contribution in [3.63, 3.8) is 0 Å². The molecule has 2 aromatic carbocycles. The third-order valence-electron chi connectivity index (χ3n) is 3.70. The molecule has 2 unspecified atom stereocenters. The molecular weight excluding hydrogens is 297 g/mol. The van der Waals surface area contributed by atoms with Gasteiger partial charge in [-0.3, -0.25) is 0 Å². The lowest BCUT2D eigenvalue weighted by Gasteiger charge is -2.19. The van der Waals surface area contributed by atoms with Crippen LogP contribution in [0.5, 0.6) is 0 Å². The molecule has 1 nitrogen and oxygen atoms in total. The van der Waals surface area contributed by atoms with Gasteiger partial charge < -0.3 is 5.11 Å². The number of hydrogen-bond donors (Lipinski definition) is 1. The van der Waals surface area contributed by atoms with Crippen molar-refractivity contribution < 1.29 is 18.3 Å². The number of fused-ring (bicyclic) bond motifs is 1. The smallest absolute Gasteiger partial charge is 0.388 e. The van der Waals surface area contributed by atoms with Crippen LogP contribution < -0.4 is 0 Å². The first-order valence-corrected chi connectivity index (χ1v) is 7.52. The van der Waals surface area contributed by atoms with Crippen LogP contribution in [-0.2, 0) is 6.18 Å². The summed E-state index contributed by atoms with van der Waals surface area (Å²) in [6, 6.07) is 12.6. The molecule has 0 aromatic heterocycles. The third kappa shape index (κ3) is 2.80. The lowest BCUT2D eigenvalue weighted by molar-refractivity contribution is -0.137. The summed E-state index contributed by atoms with van der Waals surface area (Å²) >= 11 is 1.67. The average molecular weight is 310 g/mol. The van der Waals surface area contributed by atoms with E-state index >= 15 is 0 Å². The van der Waals surface area contributed by atoms with Gasteiger partial charge in [0.1, 0.15) is 0 Å².